The first-order valence-electron chi connectivity index (χ1n) is 8.29. The van der Waals surface area contributed by atoms with E-state index in [1.165, 1.54) is 0 Å². The molecular weight excluding hydrogens is 248 g/mol. The normalized spacial score (nSPS) is 42.5. The van der Waals surface area contributed by atoms with Crippen LogP contribution in [0.1, 0.15) is 52.4 Å². The molecule has 4 atom stereocenters. The third kappa shape index (κ3) is 3.53. The van der Waals surface area contributed by atoms with Crippen LogP contribution in [0.2, 0.25) is 0 Å². The second kappa shape index (κ2) is 7.42. The van der Waals surface area contributed by atoms with Crippen molar-refractivity contribution in [2.75, 3.05) is 0 Å². The van der Waals surface area contributed by atoms with Crippen molar-refractivity contribution in [1.82, 2.24) is 0 Å². The number of hydrogen-bond donors (Lipinski definition) is 2. The van der Waals surface area contributed by atoms with E-state index in [2.05, 4.69) is 38.2 Å². The molecule has 0 amide bonds. The van der Waals surface area contributed by atoms with Crippen LogP contribution in [-0.2, 0) is 0 Å². The highest BCUT2D eigenvalue weighted by atomic mass is 16.3. The van der Waals surface area contributed by atoms with E-state index >= 15 is 0 Å². The Kier molecular flexibility index (Phi) is 5.86. The van der Waals surface area contributed by atoms with Crippen LogP contribution in [-0.4, -0.2) is 22.4 Å². The summed E-state index contributed by atoms with van der Waals surface area (Å²) in [6.07, 6.45) is 14.6. The zero-order valence-corrected chi connectivity index (χ0v) is 12.9. The average Bonchev–Trinajstić information content (AvgIpc) is 2.61. The van der Waals surface area contributed by atoms with E-state index in [4.69, 9.17) is 0 Å². The predicted molar refractivity (Wildman–Crippen MR) is 83.3 cm³/mol. The third-order valence-corrected chi connectivity index (χ3v) is 5.15. The fourth-order valence-corrected chi connectivity index (χ4v) is 4.08. The topological polar surface area (TPSA) is 40.5 Å². The van der Waals surface area contributed by atoms with E-state index in [9.17, 15) is 10.2 Å². The monoisotopic (exact) mass is 278 g/mol. The Bertz CT molecular complexity index is 315. The van der Waals surface area contributed by atoms with Gasteiger partial charge in [-0.2, -0.15) is 0 Å². The average molecular weight is 278 g/mol. The van der Waals surface area contributed by atoms with Crippen molar-refractivity contribution >= 4 is 0 Å². The Morgan fingerprint density at radius 1 is 0.750 bits per heavy atom. The summed E-state index contributed by atoms with van der Waals surface area (Å²) in [6.45, 7) is 4.23. The first-order chi connectivity index (χ1) is 9.63. The molecule has 20 heavy (non-hydrogen) atoms. The van der Waals surface area contributed by atoms with Crippen molar-refractivity contribution in [3.8, 4) is 0 Å². The van der Waals surface area contributed by atoms with Gasteiger partial charge in [0.25, 0.3) is 0 Å². The summed E-state index contributed by atoms with van der Waals surface area (Å²) < 4.78 is 0. The number of hydrogen-bond acceptors (Lipinski definition) is 2. The molecule has 2 nitrogen and oxygen atoms in total. The lowest BCUT2D eigenvalue weighted by Gasteiger charge is -2.23. The molecule has 0 aromatic carbocycles. The van der Waals surface area contributed by atoms with Crippen molar-refractivity contribution < 1.29 is 10.2 Å². The molecule has 0 radical (unpaired) electrons. The van der Waals surface area contributed by atoms with E-state index in [1.54, 1.807) is 0 Å². The van der Waals surface area contributed by atoms with Gasteiger partial charge >= 0.3 is 0 Å². The van der Waals surface area contributed by atoms with Gasteiger partial charge in [-0.25, -0.2) is 0 Å². The van der Waals surface area contributed by atoms with Crippen LogP contribution in [0.25, 0.3) is 0 Å². The van der Waals surface area contributed by atoms with Crippen LogP contribution in [0.5, 0.6) is 0 Å². The summed E-state index contributed by atoms with van der Waals surface area (Å²) in [5.41, 5.74) is 0. The maximum Gasteiger partial charge on any atom is 0.0627 e. The minimum Gasteiger partial charge on any atom is -0.392 e. The second-order valence-corrected chi connectivity index (χ2v) is 6.81. The first kappa shape index (κ1) is 15.8. The van der Waals surface area contributed by atoms with Crippen LogP contribution in [0, 0.1) is 23.7 Å². The summed E-state index contributed by atoms with van der Waals surface area (Å²) in [5.74, 6) is 0.905. The fraction of sp³-hybridized carbons (Fsp3) is 0.778. The molecule has 1 saturated carbocycles. The first-order valence-corrected chi connectivity index (χ1v) is 8.29. The van der Waals surface area contributed by atoms with Crippen LogP contribution in [0.4, 0.5) is 0 Å². The fourth-order valence-electron chi connectivity index (χ4n) is 4.08. The van der Waals surface area contributed by atoms with Gasteiger partial charge in [-0.1, -0.05) is 38.2 Å². The maximum atomic E-state index is 10.6. The molecule has 2 aliphatic rings. The minimum absolute atomic E-state index is 0.0445. The molecule has 2 N–H and O–H groups in total. The Labute approximate surface area is 123 Å². The minimum atomic E-state index is -0.338. The summed E-state index contributed by atoms with van der Waals surface area (Å²) >= 11 is 0. The zero-order valence-electron chi connectivity index (χ0n) is 12.9. The van der Waals surface area contributed by atoms with Crippen molar-refractivity contribution in [3.05, 3.63) is 24.3 Å². The van der Waals surface area contributed by atoms with E-state index < -0.39 is 0 Å². The molecule has 0 heterocycles. The summed E-state index contributed by atoms with van der Waals surface area (Å²) in [5, 5.41) is 21.3. The Morgan fingerprint density at radius 2 is 1.15 bits per heavy atom. The largest absolute Gasteiger partial charge is 0.392 e. The quantitative estimate of drug-likeness (QED) is 0.718. The Hall–Kier alpha value is -0.600. The lowest BCUT2D eigenvalue weighted by molar-refractivity contribution is 0.0234. The predicted octanol–water partition coefficient (Wildman–Crippen LogP) is 3.69. The van der Waals surface area contributed by atoms with Gasteiger partial charge in [-0.3, -0.25) is 0 Å². The molecule has 2 aliphatic carbocycles. The highest BCUT2D eigenvalue weighted by Gasteiger charge is 2.48. The van der Waals surface area contributed by atoms with Gasteiger partial charge in [0.1, 0.15) is 0 Å². The number of fused-ring (bicyclic) bond motifs is 1. The van der Waals surface area contributed by atoms with Gasteiger partial charge in [0.05, 0.1) is 12.2 Å². The molecular formula is C18H30O2. The van der Waals surface area contributed by atoms with Gasteiger partial charge in [0, 0.05) is 5.92 Å². The van der Waals surface area contributed by atoms with E-state index in [0.29, 0.717) is 5.92 Å². The summed E-state index contributed by atoms with van der Waals surface area (Å²) in [6, 6.07) is 0. The highest BCUT2D eigenvalue weighted by Crippen LogP contribution is 2.45. The van der Waals surface area contributed by atoms with Crippen LogP contribution >= 0.6 is 0 Å². The number of aliphatic hydroxyl groups excluding tert-OH is 2. The van der Waals surface area contributed by atoms with Crippen LogP contribution < -0.4 is 0 Å². The zero-order chi connectivity index (χ0) is 14.5. The van der Waals surface area contributed by atoms with Gasteiger partial charge in [-0.05, 0) is 56.3 Å². The van der Waals surface area contributed by atoms with Gasteiger partial charge in [-0.15, -0.1) is 0 Å². The van der Waals surface area contributed by atoms with Gasteiger partial charge < -0.3 is 10.2 Å². The molecule has 0 aromatic heterocycles. The smallest absolute Gasteiger partial charge is 0.0627 e. The molecule has 4 unspecified atom stereocenters. The molecule has 2 rings (SSSR count). The van der Waals surface area contributed by atoms with Crippen molar-refractivity contribution in [2.24, 2.45) is 23.7 Å². The van der Waals surface area contributed by atoms with Gasteiger partial charge in [0.15, 0.2) is 0 Å². The molecule has 2 heteroatoms. The number of rotatable bonds is 1. The SMILES string of the molecule is CC(C)C1C(O)C2CC/C=C/CC/C=C/CCC2C1O. The van der Waals surface area contributed by atoms with E-state index in [-0.39, 0.29) is 30.0 Å². The summed E-state index contributed by atoms with van der Waals surface area (Å²) in [4.78, 5) is 0. The second-order valence-electron chi connectivity index (χ2n) is 6.81. The maximum absolute atomic E-state index is 10.6. The van der Waals surface area contributed by atoms with E-state index in [1.807, 2.05) is 0 Å². The molecule has 0 saturated heterocycles. The number of aliphatic hydroxyl groups is 2. The molecule has 1 fully saturated rings. The lowest BCUT2D eigenvalue weighted by atomic mass is 9.86. The third-order valence-electron chi connectivity index (χ3n) is 5.15. The number of allylic oxidation sites excluding steroid dienone is 4. The van der Waals surface area contributed by atoms with Crippen molar-refractivity contribution in [1.29, 1.82) is 0 Å². The van der Waals surface area contributed by atoms with Crippen LogP contribution in [0.15, 0.2) is 24.3 Å². The van der Waals surface area contributed by atoms with Crippen molar-refractivity contribution in [3.63, 3.8) is 0 Å². The van der Waals surface area contributed by atoms with Crippen LogP contribution in [0.3, 0.4) is 0 Å². The molecule has 0 spiro atoms. The van der Waals surface area contributed by atoms with Gasteiger partial charge in [0.2, 0.25) is 0 Å². The van der Waals surface area contributed by atoms with E-state index in [0.717, 1.165) is 38.5 Å². The summed E-state index contributed by atoms with van der Waals surface area (Å²) in [7, 11) is 0. The molecule has 0 aliphatic heterocycles. The molecule has 0 aromatic rings. The molecule has 114 valence electrons. The Balaban J connectivity index is 2.12. The standard InChI is InChI=1S/C18H30O2/c1-13(2)16-17(19)14-11-9-7-5-3-4-6-8-10-12-15(14)18(16)20/h5-8,13-20H,3-4,9-12H2,1-2H3/b7-5+,8-6+. The highest BCUT2D eigenvalue weighted by molar-refractivity contribution is 5.01. The van der Waals surface area contributed by atoms with Crippen molar-refractivity contribution in [2.45, 2.75) is 64.6 Å². The Morgan fingerprint density at radius 3 is 1.55 bits per heavy atom. The molecule has 0 bridgehead atoms. The lowest BCUT2D eigenvalue weighted by Crippen LogP contribution is -2.30.